The molecule has 1 aliphatic heterocycles. The van der Waals surface area contributed by atoms with Gasteiger partial charge in [0.1, 0.15) is 6.42 Å². The van der Waals surface area contributed by atoms with Gasteiger partial charge in [-0.2, -0.15) is 0 Å². The number of hydrogen-bond acceptors (Lipinski definition) is 4. The zero-order chi connectivity index (χ0) is 20.8. The first-order valence-corrected chi connectivity index (χ1v) is 10.1. The molecule has 2 aromatic rings. The molecule has 6 nitrogen and oxygen atoms in total. The first kappa shape index (κ1) is 20.9. The standard InChI is InChI=1S/C23H29N3O3/c1-16(2)18-8-6-7-17(3)23(18)25-22(28)15-21(27)24-19-9-4-5-10-20(19)26-11-13-29-14-12-26/h4-10,16H,11-15H2,1-3H3,(H,24,27)(H,25,28). The van der Waals surface area contributed by atoms with Gasteiger partial charge >= 0.3 is 0 Å². The molecule has 0 radical (unpaired) electrons. The Kier molecular flexibility index (Phi) is 6.88. The minimum Gasteiger partial charge on any atom is -0.378 e. The second-order valence-corrected chi connectivity index (χ2v) is 7.58. The fourth-order valence-corrected chi connectivity index (χ4v) is 3.53. The van der Waals surface area contributed by atoms with Crippen molar-refractivity contribution in [2.45, 2.75) is 33.1 Å². The number of benzene rings is 2. The lowest BCUT2D eigenvalue weighted by Gasteiger charge is -2.30. The van der Waals surface area contributed by atoms with E-state index < -0.39 is 0 Å². The third-order valence-corrected chi connectivity index (χ3v) is 5.04. The van der Waals surface area contributed by atoms with Gasteiger partial charge in [-0.05, 0) is 36.1 Å². The van der Waals surface area contributed by atoms with Crippen LogP contribution in [0.5, 0.6) is 0 Å². The van der Waals surface area contributed by atoms with Crippen LogP contribution in [-0.4, -0.2) is 38.1 Å². The molecule has 0 aliphatic carbocycles. The van der Waals surface area contributed by atoms with Crippen molar-refractivity contribution in [3.63, 3.8) is 0 Å². The lowest BCUT2D eigenvalue weighted by Crippen LogP contribution is -2.36. The number of carbonyl (C=O) groups is 2. The number of carbonyl (C=O) groups excluding carboxylic acids is 2. The van der Waals surface area contributed by atoms with Crippen molar-refractivity contribution in [1.82, 2.24) is 0 Å². The van der Waals surface area contributed by atoms with Gasteiger partial charge in [0.15, 0.2) is 0 Å². The fourth-order valence-electron chi connectivity index (χ4n) is 3.53. The number of nitrogens with one attached hydrogen (secondary N) is 2. The van der Waals surface area contributed by atoms with E-state index in [1.165, 1.54) is 0 Å². The third-order valence-electron chi connectivity index (χ3n) is 5.04. The van der Waals surface area contributed by atoms with Crippen molar-refractivity contribution in [2.75, 3.05) is 41.8 Å². The second kappa shape index (κ2) is 9.56. The van der Waals surface area contributed by atoms with Crippen LogP contribution in [0.3, 0.4) is 0 Å². The number of nitrogens with zero attached hydrogens (tertiary/aromatic N) is 1. The van der Waals surface area contributed by atoms with Crippen molar-refractivity contribution >= 4 is 28.9 Å². The average Bonchev–Trinajstić information content (AvgIpc) is 2.70. The second-order valence-electron chi connectivity index (χ2n) is 7.58. The Morgan fingerprint density at radius 2 is 1.69 bits per heavy atom. The SMILES string of the molecule is Cc1cccc(C(C)C)c1NC(=O)CC(=O)Nc1ccccc1N1CCOCC1. The zero-order valence-electron chi connectivity index (χ0n) is 17.3. The smallest absolute Gasteiger partial charge is 0.233 e. The van der Waals surface area contributed by atoms with Gasteiger partial charge in [-0.3, -0.25) is 9.59 Å². The van der Waals surface area contributed by atoms with E-state index in [9.17, 15) is 9.59 Å². The Morgan fingerprint density at radius 3 is 2.41 bits per heavy atom. The first-order valence-electron chi connectivity index (χ1n) is 10.1. The van der Waals surface area contributed by atoms with E-state index in [0.717, 1.165) is 35.6 Å². The molecule has 3 rings (SSSR count). The predicted molar refractivity (Wildman–Crippen MR) is 117 cm³/mol. The zero-order valence-corrected chi connectivity index (χ0v) is 17.3. The van der Waals surface area contributed by atoms with E-state index in [1.807, 2.05) is 49.4 Å². The maximum Gasteiger partial charge on any atom is 0.233 e. The molecule has 1 saturated heterocycles. The van der Waals surface area contributed by atoms with Crippen molar-refractivity contribution in [3.05, 3.63) is 53.6 Å². The largest absolute Gasteiger partial charge is 0.378 e. The fraction of sp³-hybridized carbons (Fsp3) is 0.391. The highest BCUT2D eigenvalue weighted by atomic mass is 16.5. The summed E-state index contributed by atoms with van der Waals surface area (Å²) < 4.78 is 5.41. The maximum absolute atomic E-state index is 12.5. The first-order chi connectivity index (χ1) is 14.0. The summed E-state index contributed by atoms with van der Waals surface area (Å²) in [5.74, 6) is -0.370. The summed E-state index contributed by atoms with van der Waals surface area (Å²) >= 11 is 0. The van der Waals surface area contributed by atoms with Crippen LogP contribution in [-0.2, 0) is 14.3 Å². The number of morpholine rings is 1. The van der Waals surface area contributed by atoms with Crippen LogP contribution >= 0.6 is 0 Å². The van der Waals surface area contributed by atoms with Crippen LogP contribution in [0.25, 0.3) is 0 Å². The molecule has 6 heteroatoms. The number of anilines is 3. The number of hydrogen-bond donors (Lipinski definition) is 2. The number of ether oxygens (including phenoxy) is 1. The normalized spacial score (nSPS) is 14.0. The van der Waals surface area contributed by atoms with Gasteiger partial charge in [0, 0.05) is 18.8 Å². The maximum atomic E-state index is 12.5. The molecule has 2 N–H and O–H groups in total. The Bertz CT molecular complexity index is 873. The molecule has 0 saturated carbocycles. The molecular weight excluding hydrogens is 366 g/mol. The van der Waals surface area contributed by atoms with Gasteiger partial charge in [0.05, 0.1) is 24.6 Å². The number of aryl methyl sites for hydroxylation is 1. The van der Waals surface area contributed by atoms with Crippen LogP contribution in [0.4, 0.5) is 17.1 Å². The van der Waals surface area contributed by atoms with Gasteiger partial charge in [-0.15, -0.1) is 0 Å². The molecule has 29 heavy (non-hydrogen) atoms. The molecule has 0 atom stereocenters. The van der Waals surface area contributed by atoms with E-state index in [1.54, 1.807) is 0 Å². The van der Waals surface area contributed by atoms with Gasteiger partial charge < -0.3 is 20.3 Å². The van der Waals surface area contributed by atoms with Crippen LogP contribution < -0.4 is 15.5 Å². The van der Waals surface area contributed by atoms with E-state index >= 15 is 0 Å². The molecule has 1 aliphatic rings. The Balaban J connectivity index is 1.66. The summed E-state index contributed by atoms with van der Waals surface area (Å²) in [5, 5.41) is 5.82. The number of amides is 2. The molecule has 0 spiro atoms. The Labute approximate surface area is 172 Å². The number of rotatable bonds is 6. The van der Waals surface area contributed by atoms with Crippen molar-refractivity contribution in [3.8, 4) is 0 Å². The monoisotopic (exact) mass is 395 g/mol. The molecule has 1 fully saturated rings. The lowest BCUT2D eigenvalue weighted by molar-refractivity contribution is -0.123. The van der Waals surface area contributed by atoms with Crippen molar-refractivity contribution < 1.29 is 14.3 Å². The quantitative estimate of drug-likeness (QED) is 0.727. The summed E-state index contributed by atoms with van der Waals surface area (Å²) in [6.07, 6.45) is -0.233. The summed E-state index contributed by atoms with van der Waals surface area (Å²) in [7, 11) is 0. The highest BCUT2D eigenvalue weighted by Gasteiger charge is 2.18. The van der Waals surface area contributed by atoms with E-state index in [2.05, 4.69) is 29.4 Å². The summed E-state index contributed by atoms with van der Waals surface area (Å²) in [6.45, 7) is 9.01. The highest BCUT2D eigenvalue weighted by Crippen LogP contribution is 2.28. The van der Waals surface area contributed by atoms with Crippen LogP contribution in [0, 0.1) is 6.92 Å². The minimum atomic E-state index is -0.331. The highest BCUT2D eigenvalue weighted by molar-refractivity contribution is 6.09. The summed E-state index contributed by atoms with van der Waals surface area (Å²) in [4.78, 5) is 27.2. The molecule has 0 bridgehead atoms. The molecule has 2 aromatic carbocycles. The van der Waals surface area contributed by atoms with Gasteiger partial charge in [0.2, 0.25) is 11.8 Å². The van der Waals surface area contributed by atoms with Crippen molar-refractivity contribution in [2.24, 2.45) is 0 Å². The number of para-hydroxylation sites is 3. The molecular formula is C23H29N3O3. The predicted octanol–water partition coefficient (Wildman–Crippen LogP) is 3.92. The van der Waals surface area contributed by atoms with Gasteiger partial charge in [-0.1, -0.05) is 44.2 Å². The van der Waals surface area contributed by atoms with Crippen LogP contribution in [0.1, 0.15) is 37.3 Å². The summed E-state index contributed by atoms with van der Waals surface area (Å²) in [6, 6.07) is 13.6. The topological polar surface area (TPSA) is 70.7 Å². The van der Waals surface area contributed by atoms with Crippen molar-refractivity contribution in [1.29, 1.82) is 0 Å². The molecule has 2 amide bonds. The Hall–Kier alpha value is -2.86. The third kappa shape index (κ3) is 5.35. The van der Waals surface area contributed by atoms with E-state index in [4.69, 9.17) is 4.74 Å². The lowest BCUT2D eigenvalue weighted by atomic mass is 9.98. The minimum absolute atomic E-state index is 0.233. The summed E-state index contributed by atoms with van der Waals surface area (Å²) in [5.41, 5.74) is 4.52. The molecule has 0 aromatic heterocycles. The van der Waals surface area contributed by atoms with Gasteiger partial charge in [0.25, 0.3) is 0 Å². The average molecular weight is 396 g/mol. The molecule has 1 heterocycles. The van der Waals surface area contributed by atoms with E-state index in [-0.39, 0.29) is 24.2 Å². The molecule has 0 unspecified atom stereocenters. The van der Waals surface area contributed by atoms with Crippen LogP contribution in [0.2, 0.25) is 0 Å². The van der Waals surface area contributed by atoms with E-state index in [0.29, 0.717) is 18.9 Å². The Morgan fingerprint density at radius 1 is 1.00 bits per heavy atom. The van der Waals surface area contributed by atoms with Gasteiger partial charge in [-0.25, -0.2) is 0 Å². The molecule has 154 valence electrons. The van der Waals surface area contributed by atoms with Crippen LogP contribution in [0.15, 0.2) is 42.5 Å².